The van der Waals surface area contributed by atoms with Crippen molar-refractivity contribution in [3.63, 3.8) is 0 Å². The second-order valence-corrected chi connectivity index (χ2v) is 7.80. The van der Waals surface area contributed by atoms with Gasteiger partial charge in [-0.2, -0.15) is 0 Å². The summed E-state index contributed by atoms with van der Waals surface area (Å²) < 4.78 is 30.0. The lowest BCUT2D eigenvalue weighted by Gasteiger charge is -2.21. The Kier molecular flexibility index (Phi) is 5.86. The average Bonchev–Trinajstić information content (AvgIpc) is 2.87. The maximum Gasteiger partial charge on any atom is 0.338 e. The monoisotopic (exact) mass is 383 g/mol. The van der Waals surface area contributed by atoms with E-state index in [-0.39, 0.29) is 11.6 Å². The number of imide groups is 1. The second-order valence-electron chi connectivity index (χ2n) is 5.94. The molecule has 1 atom stereocenters. The van der Waals surface area contributed by atoms with Crippen molar-refractivity contribution >= 4 is 33.6 Å². The van der Waals surface area contributed by atoms with Crippen LogP contribution < -0.4 is 14.9 Å². The summed E-state index contributed by atoms with van der Waals surface area (Å²) in [6.45, 7) is 3.24. The number of amides is 3. The minimum Gasteiger partial charge on any atom is -0.452 e. The van der Waals surface area contributed by atoms with Crippen LogP contribution in [0.4, 0.5) is 10.5 Å². The lowest BCUT2D eigenvalue weighted by atomic mass is 10.1. The third-order valence-corrected chi connectivity index (χ3v) is 5.02. The van der Waals surface area contributed by atoms with E-state index in [0.717, 1.165) is 6.26 Å². The molecule has 1 aromatic carbocycles. The predicted octanol–water partition coefficient (Wildman–Crippen LogP) is 0.400. The van der Waals surface area contributed by atoms with Gasteiger partial charge in [-0.1, -0.05) is 0 Å². The number of urea groups is 1. The maximum absolute atomic E-state index is 12.1. The Morgan fingerprint density at radius 1 is 1.31 bits per heavy atom. The Morgan fingerprint density at radius 2 is 2.00 bits per heavy atom. The summed E-state index contributed by atoms with van der Waals surface area (Å²) in [4.78, 5) is 34.8. The molecule has 0 aromatic heterocycles. The fourth-order valence-corrected chi connectivity index (χ4v) is 4.08. The number of carbonyl (C=O) groups excluding carboxylic acids is 3. The predicted molar refractivity (Wildman–Crippen MR) is 94.4 cm³/mol. The Hall–Kier alpha value is -2.62. The van der Waals surface area contributed by atoms with E-state index in [1.807, 2.05) is 5.32 Å². The molecule has 142 valence electrons. The zero-order chi connectivity index (χ0) is 19.5. The minimum absolute atomic E-state index is 0.206. The number of esters is 1. The smallest absolute Gasteiger partial charge is 0.338 e. The summed E-state index contributed by atoms with van der Waals surface area (Å²) in [5.41, 5.74) is 1.45. The van der Waals surface area contributed by atoms with Gasteiger partial charge < -0.3 is 10.1 Å². The standard InChI is InChI=1S/C16H21N3O6S/c1-4-17-16(22)18-14(20)9-25-15(21)11-5-6-13-12(8-11)7-10(2)19(13)26(3,23)24/h5-6,8,10H,4,7,9H2,1-3H3,(H2,17,18,20,22)/t10-/m0/s1. The Bertz CT molecular complexity index is 836. The number of sulfonamides is 1. The van der Waals surface area contributed by atoms with Crippen LogP contribution in [0, 0.1) is 0 Å². The third kappa shape index (κ3) is 4.51. The van der Waals surface area contributed by atoms with E-state index in [1.165, 1.54) is 10.4 Å². The molecule has 1 heterocycles. The number of rotatable bonds is 5. The summed E-state index contributed by atoms with van der Waals surface area (Å²) >= 11 is 0. The van der Waals surface area contributed by atoms with Gasteiger partial charge in [-0.05, 0) is 44.0 Å². The van der Waals surface area contributed by atoms with Crippen molar-refractivity contribution in [2.45, 2.75) is 26.3 Å². The van der Waals surface area contributed by atoms with Crippen LogP contribution in [-0.2, 0) is 26.0 Å². The number of carbonyl (C=O) groups is 3. The van der Waals surface area contributed by atoms with Gasteiger partial charge in [0.15, 0.2) is 6.61 Å². The van der Waals surface area contributed by atoms with Crippen LogP contribution in [-0.4, -0.2) is 51.8 Å². The first kappa shape index (κ1) is 19.7. The summed E-state index contributed by atoms with van der Waals surface area (Å²) in [7, 11) is -3.41. The summed E-state index contributed by atoms with van der Waals surface area (Å²) in [5.74, 6) is -1.48. The summed E-state index contributed by atoms with van der Waals surface area (Å²) in [6, 6.07) is 3.64. The minimum atomic E-state index is -3.41. The fraction of sp³-hybridized carbons (Fsp3) is 0.438. The van der Waals surface area contributed by atoms with E-state index in [2.05, 4.69) is 5.32 Å². The number of nitrogens with one attached hydrogen (secondary N) is 2. The van der Waals surface area contributed by atoms with E-state index in [1.54, 1.807) is 26.0 Å². The Labute approximate surface area is 151 Å². The SMILES string of the molecule is CCNC(=O)NC(=O)COC(=O)c1ccc2c(c1)C[C@H](C)N2S(C)(=O)=O. The Balaban J connectivity index is 2.03. The highest BCUT2D eigenvalue weighted by Gasteiger charge is 2.32. The number of anilines is 1. The Morgan fingerprint density at radius 3 is 2.62 bits per heavy atom. The lowest BCUT2D eigenvalue weighted by molar-refractivity contribution is -0.123. The molecule has 0 unspecified atom stereocenters. The van der Waals surface area contributed by atoms with Crippen molar-refractivity contribution in [3.8, 4) is 0 Å². The van der Waals surface area contributed by atoms with Crippen LogP contribution in [0.15, 0.2) is 18.2 Å². The van der Waals surface area contributed by atoms with Gasteiger partial charge in [0.05, 0.1) is 17.5 Å². The summed E-state index contributed by atoms with van der Waals surface area (Å²) in [5, 5.41) is 4.40. The highest BCUT2D eigenvalue weighted by Crippen LogP contribution is 2.34. The molecule has 1 aromatic rings. The zero-order valence-electron chi connectivity index (χ0n) is 14.7. The van der Waals surface area contributed by atoms with Gasteiger partial charge in [-0.25, -0.2) is 18.0 Å². The molecule has 0 aliphatic carbocycles. The van der Waals surface area contributed by atoms with Crippen molar-refractivity contribution in [1.29, 1.82) is 0 Å². The molecule has 26 heavy (non-hydrogen) atoms. The maximum atomic E-state index is 12.1. The van der Waals surface area contributed by atoms with Crippen LogP contribution in [0.3, 0.4) is 0 Å². The molecule has 2 rings (SSSR count). The van der Waals surface area contributed by atoms with Crippen LogP contribution >= 0.6 is 0 Å². The number of ether oxygens (including phenoxy) is 1. The molecule has 2 N–H and O–H groups in total. The molecule has 10 heteroatoms. The van der Waals surface area contributed by atoms with E-state index in [4.69, 9.17) is 4.74 Å². The topological polar surface area (TPSA) is 122 Å². The molecule has 0 fully saturated rings. The van der Waals surface area contributed by atoms with E-state index in [9.17, 15) is 22.8 Å². The van der Waals surface area contributed by atoms with Crippen LogP contribution in [0.5, 0.6) is 0 Å². The van der Waals surface area contributed by atoms with Gasteiger partial charge in [0.2, 0.25) is 10.0 Å². The van der Waals surface area contributed by atoms with Gasteiger partial charge in [-0.3, -0.25) is 14.4 Å². The average molecular weight is 383 g/mol. The van der Waals surface area contributed by atoms with Crippen LogP contribution in [0.1, 0.15) is 29.8 Å². The van der Waals surface area contributed by atoms with Crippen molar-refractivity contribution in [3.05, 3.63) is 29.3 Å². The molecule has 0 bridgehead atoms. The fourth-order valence-electron chi connectivity index (χ4n) is 2.82. The largest absolute Gasteiger partial charge is 0.452 e. The summed E-state index contributed by atoms with van der Waals surface area (Å²) in [6.07, 6.45) is 1.61. The second kappa shape index (κ2) is 7.73. The number of nitrogens with zero attached hydrogens (tertiary/aromatic N) is 1. The quantitative estimate of drug-likeness (QED) is 0.710. The molecular formula is C16H21N3O6S. The van der Waals surface area contributed by atoms with Gasteiger partial charge in [0, 0.05) is 12.6 Å². The van der Waals surface area contributed by atoms with Gasteiger partial charge in [0.25, 0.3) is 5.91 Å². The molecular weight excluding hydrogens is 362 g/mol. The molecule has 0 saturated heterocycles. The molecule has 0 radical (unpaired) electrons. The molecule has 1 aliphatic heterocycles. The number of hydrogen-bond acceptors (Lipinski definition) is 6. The number of fused-ring (bicyclic) bond motifs is 1. The van der Waals surface area contributed by atoms with Gasteiger partial charge >= 0.3 is 12.0 Å². The van der Waals surface area contributed by atoms with Crippen molar-refractivity contribution in [2.24, 2.45) is 0 Å². The van der Waals surface area contributed by atoms with Crippen molar-refractivity contribution in [2.75, 3.05) is 23.7 Å². The molecule has 1 aliphatic rings. The van der Waals surface area contributed by atoms with E-state index < -0.39 is 34.5 Å². The van der Waals surface area contributed by atoms with Crippen molar-refractivity contribution in [1.82, 2.24) is 10.6 Å². The molecule has 0 saturated carbocycles. The molecule has 9 nitrogen and oxygen atoms in total. The number of benzene rings is 1. The van der Waals surface area contributed by atoms with E-state index in [0.29, 0.717) is 24.2 Å². The van der Waals surface area contributed by atoms with Crippen LogP contribution in [0.2, 0.25) is 0 Å². The molecule has 3 amide bonds. The van der Waals surface area contributed by atoms with Gasteiger partial charge in [-0.15, -0.1) is 0 Å². The third-order valence-electron chi connectivity index (χ3n) is 3.75. The first-order valence-corrected chi connectivity index (χ1v) is 9.85. The number of hydrogen-bond donors (Lipinski definition) is 2. The van der Waals surface area contributed by atoms with Gasteiger partial charge in [0.1, 0.15) is 0 Å². The van der Waals surface area contributed by atoms with E-state index >= 15 is 0 Å². The lowest BCUT2D eigenvalue weighted by Crippen LogP contribution is -2.41. The molecule has 0 spiro atoms. The first-order chi connectivity index (χ1) is 12.1. The van der Waals surface area contributed by atoms with Crippen molar-refractivity contribution < 1.29 is 27.5 Å². The highest BCUT2D eigenvalue weighted by atomic mass is 32.2. The van der Waals surface area contributed by atoms with Crippen LogP contribution in [0.25, 0.3) is 0 Å². The zero-order valence-corrected chi connectivity index (χ0v) is 15.6. The highest BCUT2D eigenvalue weighted by molar-refractivity contribution is 7.92. The normalized spacial score (nSPS) is 16.0. The first-order valence-electron chi connectivity index (χ1n) is 8.00.